The first-order valence-corrected chi connectivity index (χ1v) is 7.49. The molecule has 0 bridgehead atoms. The van der Waals surface area contributed by atoms with Gasteiger partial charge in [-0.25, -0.2) is 9.97 Å². The Kier molecular flexibility index (Phi) is 4.36. The van der Waals surface area contributed by atoms with Crippen LogP contribution in [-0.2, 0) is 18.3 Å². The van der Waals surface area contributed by atoms with Crippen molar-refractivity contribution < 1.29 is 0 Å². The summed E-state index contributed by atoms with van der Waals surface area (Å²) in [4.78, 5) is 9.54. The highest BCUT2D eigenvalue weighted by atomic mass is 14.9. The summed E-state index contributed by atoms with van der Waals surface area (Å²) < 4.78 is 0. The van der Waals surface area contributed by atoms with E-state index in [1.165, 1.54) is 49.8 Å². The lowest BCUT2D eigenvalue weighted by Gasteiger charge is -2.24. The third-order valence-corrected chi connectivity index (χ3v) is 4.04. The lowest BCUT2D eigenvalue weighted by Crippen LogP contribution is -2.22. The molecule has 1 aromatic rings. The molecule has 2 nitrogen and oxygen atoms in total. The molecule has 0 spiro atoms. The fraction of sp³-hybridized carbons (Fsp3) is 0.750. The zero-order chi connectivity index (χ0) is 13.0. The van der Waals surface area contributed by atoms with Crippen LogP contribution in [0, 0.1) is 0 Å². The lowest BCUT2D eigenvalue weighted by molar-refractivity contribution is 0.440. The summed E-state index contributed by atoms with van der Waals surface area (Å²) in [7, 11) is 0. The monoisotopic (exact) mass is 246 g/mol. The Morgan fingerprint density at radius 3 is 2.56 bits per heavy atom. The molecular weight excluding hydrogens is 220 g/mol. The molecule has 0 saturated heterocycles. The molecule has 18 heavy (non-hydrogen) atoms. The van der Waals surface area contributed by atoms with Crippen molar-refractivity contribution >= 4 is 0 Å². The van der Waals surface area contributed by atoms with Gasteiger partial charge in [0.2, 0.25) is 0 Å². The molecule has 1 aliphatic rings. The molecule has 1 heterocycles. The maximum absolute atomic E-state index is 4.89. The first kappa shape index (κ1) is 13.5. The fourth-order valence-corrected chi connectivity index (χ4v) is 2.89. The van der Waals surface area contributed by atoms with E-state index in [1.54, 1.807) is 0 Å². The van der Waals surface area contributed by atoms with E-state index in [-0.39, 0.29) is 5.41 Å². The highest BCUT2D eigenvalue weighted by Crippen LogP contribution is 2.27. The van der Waals surface area contributed by atoms with Crippen molar-refractivity contribution in [3.63, 3.8) is 0 Å². The maximum atomic E-state index is 4.89. The fourth-order valence-electron chi connectivity index (χ4n) is 2.89. The highest BCUT2D eigenvalue weighted by molar-refractivity contribution is 5.21. The van der Waals surface area contributed by atoms with E-state index in [0.717, 1.165) is 18.7 Å². The van der Waals surface area contributed by atoms with Gasteiger partial charge in [0, 0.05) is 17.3 Å². The minimum absolute atomic E-state index is 0.117. The van der Waals surface area contributed by atoms with E-state index in [2.05, 4.69) is 32.0 Å². The minimum atomic E-state index is 0.117. The molecule has 100 valence electrons. The van der Waals surface area contributed by atoms with Gasteiger partial charge in [-0.2, -0.15) is 0 Å². The standard InChI is InChI=1S/C16H26N2/c1-4-11-16(2,3)15-17-12-13-9-7-5-6-8-10-14(13)18-15/h12H,4-11H2,1-3H3. The van der Waals surface area contributed by atoms with Crippen molar-refractivity contribution in [3.05, 3.63) is 23.3 Å². The Labute approximate surface area is 111 Å². The van der Waals surface area contributed by atoms with E-state index >= 15 is 0 Å². The first-order chi connectivity index (χ1) is 8.63. The van der Waals surface area contributed by atoms with Crippen molar-refractivity contribution in [3.8, 4) is 0 Å². The molecule has 2 rings (SSSR count). The van der Waals surface area contributed by atoms with Crippen molar-refractivity contribution in [1.82, 2.24) is 9.97 Å². The summed E-state index contributed by atoms with van der Waals surface area (Å²) >= 11 is 0. The molecule has 1 aliphatic carbocycles. The largest absolute Gasteiger partial charge is 0.240 e. The molecule has 0 radical (unpaired) electrons. The quantitative estimate of drug-likeness (QED) is 0.798. The van der Waals surface area contributed by atoms with Crippen LogP contribution in [0.5, 0.6) is 0 Å². The van der Waals surface area contributed by atoms with Gasteiger partial charge >= 0.3 is 0 Å². The molecule has 0 atom stereocenters. The van der Waals surface area contributed by atoms with Gasteiger partial charge in [0.15, 0.2) is 0 Å². The highest BCUT2D eigenvalue weighted by Gasteiger charge is 2.24. The number of aromatic nitrogens is 2. The second kappa shape index (κ2) is 5.81. The van der Waals surface area contributed by atoms with Crippen LogP contribution in [0.4, 0.5) is 0 Å². The van der Waals surface area contributed by atoms with E-state index in [9.17, 15) is 0 Å². The Balaban J connectivity index is 2.27. The lowest BCUT2D eigenvalue weighted by atomic mass is 9.86. The number of hydrogen-bond acceptors (Lipinski definition) is 2. The summed E-state index contributed by atoms with van der Waals surface area (Å²) in [6.07, 6.45) is 12.1. The van der Waals surface area contributed by atoms with Gasteiger partial charge in [0.25, 0.3) is 0 Å². The zero-order valence-electron chi connectivity index (χ0n) is 12.1. The van der Waals surface area contributed by atoms with Gasteiger partial charge in [0.05, 0.1) is 0 Å². The second-order valence-electron chi connectivity index (χ2n) is 6.21. The van der Waals surface area contributed by atoms with Crippen molar-refractivity contribution in [1.29, 1.82) is 0 Å². The number of fused-ring (bicyclic) bond motifs is 1. The summed E-state index contributed by atoms with van der Waals surface area (Å²) in [6, 6.07) is 0. The van der Waals surface area contributed by atoms with Gasteiger partial charge in [-0.15, -0.1) is 0 Å². The summed E-state index contributed by atoms with van der Waals surface area (Å²) in [5.74, 6) is 1.05. The van der Waals surface area contributed by atoms with E-state index in [4.69, 9.17) is 4.98 Å². The molecule has 0 amide bonds. The molecule has 1 aromatic heterocycles. The van der Waals surface area contributed by atoms with Crippen LogP contribution in [0.1, 0.15) is 76.4 Å². The minimum Gasteiger partial charge on any atom is -0.240 e. The van der Waals surface area contributed by atoms with E-state index in [1.807, 2.05) is 0 Å². The number of hydrogen-bond donors (Lipinski definition) is 0. The molecule has 0 unspecified atom stereocenters. The topological polar surface area (TPSA) is 25.8 Å². The van der Waals surface area contributed by atoms with Gasteiger partial charge in [-0.3, -0.25) is 0 Å². The Morgan fingerprint density at radius 2 is 1.83 bits per heavy atom. The number of rotatable bonds is 3. The maximum Gasteiger partial charge on any atom is 0.134 e. The van der Waals surface area contributed by atoms with E-state index < -0.39 is 0 Å². The van der Waals surface area contributed by atoms with Crippen molar-refractivity contribution in [2.45, 2.75) is 77.6 Å². The Hall–Kier alpha value is -0.920. The molecular formula is C16H26N2. The number of aryl methyl sites for hydroxylation is 2. The summed E-state index contributed by atoms with van der Waals surface area (Å²) in [6.45, 7) is 6.76. The van der Waals surface area contributed by atoms with Crippen molar-refractivity contribution in [2.24, 2.45) is 0 Å². The third kappa shape index (κ3) is 3.09. The van der Waals surface area contributed by atoms with Crippen LogP contribution >= 0.6 is 0 Å². The van der Waals surface area contributed by atoms with Crippen molar-refractivity contribution in [2.75, 3.05) is 0 Å². The van der Waals surface area contributed by atoms with Crippen LogP contribution in [-0.4, -0.2) is 9.97 Å². The SMILES string of the molecule is CCCC(C)(C)c1ncc2c(n1)CCCCCC2. The first-order valence-electron chi connectivity index (χ1n) is 7.49. The van der Waals surface area contributed by atoms with Gasteiger partial charge in [0.1, 0.15) is 5.82 Å². The zero-order valence-corrected chi connectivity index (χ0v) is 12.1. The molecule has 0 fully saturated rings. The summed E-state index contributed by atoms with van der Waals surface area (Å²) in [5, 5.41) is 0. The van der Waals surface area contributed by atoms with Gasteiger partial charge < -0.3 is 0 Å². The number of nitrogens with zero attached hydrogens (tertiary/aromatic N) is 2. The average Bonchev–Trinajstić information content (AvgIpc) is 2.29. The van der Waals surface area contributed by atoms with Gasteiger partial charge in [-0.1, -0.05) is 40.0 Å². The molecule has 0 N–H and O–H groups in total. The molecule has 2 heteroatoms. The third-order valence-electron chi connectivity index (χ3n) is 4.04. The Morgan fingerprint density at radius 1 is 1.11 bits per heavy atom. The van der Waals surface area contributed by atoms with E-state index in [0.29, 0.717) is 0 Å². The molecule has 0 aliphatic heterocycles. The average molecular weight is 246 g/mol. The molecule has 0 saturated carbocycles. The second-order valence-corrected chi connectivity index (χ2v) is 6.21. The van der Waals surface area contributed by atoms with Crippen LogP contribution in [0.25, 0.3) is 0 Å². The predicted molar refractivity (Wildman–Crippen MR) is 75.8 cm³/mol. The normalized spacial score (nSPS) is 16.8. The van der Waals surface area contributed by atoms with Gasteiger partial charge in [-0.05, 0) is 37.7 Å². The van der Waals surface area contributed by atoms with Crippen LogP contribution in [0.15, 0.2) is 6.20 Å². The van der Waals surface area contributed by atoms with Crippen LogP contribution in [0.2, 0.25) is 0 Å². The van der Waals surface area contributed by atoms with Crippen LogP contribution in [0.3, 0.4) is 0 Å². The smallest absolute Gasteiger partial charge is 0.134 e. The summed E-state index contributed by atoms with van der Waals surface area (Å²) in [5.41, 5.74) is 2.83. The molecule has 0 aromatic carbocycles. The Bertz CT molecular complexity index is 396. The predicted octanol–water partition coefficient (Wildman–Crippen LogP) is 4.21. The van der Waals surface area contributed by atoms with Crippen LogP contribution < -0.4 is 0 Å².